The molecule has 44 heavy (non-hydrogen) atoms. The summed E-state index contributed by atoms with van der Waals surface area (Å²) in [5.41, 5.74) is 4.37. The first-order chi connectivity index (χ1) is 21.4. The Labute approximate surface area is 267 Å². The molecule has 0 unspecified atom stereocenters. The van der Waals surface area contributed by atoms with Crippen LogP contribution in [0.2, 0.25) is 10.0 Å². The highest BCUT2D eigenvalue weighted by Crippen LogP contribution is 2.39. The van der Waals surface area contributed by atoms with Crippen LogP contribution in [0.3, 0.4) is 0 Å². The molecule has 9 nitrogen and oxygen atoms in total. The number of nitrogens with zero attached hydrogens (tertiary/aromatic N) is 6. The largest absolute Gasteiger partial charge is 0.396 e. The summed E-state index contributed by atoms with van der Waals surface area (Å²) in [6.07, 6.45) is 6.02. The van der Waals surface area contributed by atoms with Gasteiger partial charge < -0.3 is 9.67 Å². The summed E-state index contributed by atoms with van der Waals surface area (Å²) in [4.78, 5) is 24.8. The number of hydrogen-bond acceptors (Lipinski definition) is 7. The summed E-state index contributed by atoms with van der Waals surface area (Å²) in [6.45, 7) is 3.27. The van der Waals surface area contributed by atoms with Crippen LogP contribution in [0.15, 0.2) is 54.4 Å². The Morgan fingerprint density at radius 3 is 2.70 bits per heavy atom. The van der Waals surface area contributed by atoms with Gasteiger partial charge in [-0.25, -0.2) is 14.4 Å². The van der Waals surface area contributed by atoms with Crippen molar-refractivity contribution in [2.24, 2.45) is 5.92 Å². The molecule has 0 spiro atoms. The van der Waals surface area contributed by atoms with E-state index in [1.807, 2.05) is 18.2 Å². The van der Waals surface area contributed by atoms with Crippen molar-refractivity contribution in [2.45, 2.75) is 44.6 Å². The van der Waals surface area contributed by atoms with E-state index in [2.05, 4.69) is 32.3 Å². The molecule has 2 atom stereocenters. The van der Waals surface area contributed by atoms with Gasteiger partial charge in [-0.05, 0) is 49.0 Å². The number of benzene rings is 2. The molecule has 2 aliphatic heterocycles. The lowest BCUT2D eigenvalue weighted by molar-refractivity contribution is -0.118. The van der Waals surface area contributed by atoms with Crippen molar-refractivity contribution in [1.82, 2.24) is 29.2 Å². The van der Waals surface area contributed by atoms with Crippen molar-refractivity contribution in [3.63, 3.8) is 0 Å². The van der Waals surface area contributed by atoms with Crippen LogP contribution >= 0.6 is 34.5 Å². The first kappa shape index (κ1) is 29.4. The lowest BCUT2D eigenvalue weighted by Gasteiger charge is -2.31. The van der Waals surface area contributed by atoms with E-state index in [-0.39, 0.29) is 19.6 Å². The molecule has 1 fully saturated rings. The van der Waals surface area contributed by atoms with Gasteiger partial charge in [-0.3, -0.25) is 19.7 Å². The topological polar surface area (TPSA) is 101 Å². The molecular weight excluding hydrogens is 624 g/mol. The number of amides is 1. The molecule has 0 aliphatic carbocycles. The quantitative estimate of drug-likeness (QED) is 0.213. The van der Waals surface area contributed by atoms with Crippen LogP contribution in [0.5, 0.6) is 0 Å². The van der Waals surface area contributed by atoms with Gasteiger partial charge in [0.1, 0.15) is 11.7 Å². The molecule has 0 bridgehead atoms. The molecule has 3 aromatic heterocycles. The lowest BCUT2D eigenvalue weighted by Crippen LogP contribution is -2.34. The fraction of sp³-hybridized carbons (Fsp3) is 0.355. The van der Waals surface area contributed by atoms with E-state index in [0.29, 0.717) is 43.4 Å². The fourth-order valence-electron chi connectivity index (χ4n) is 6.19. The zero-order valence-electron chi connectivity index (χ0n) is 23.7. The molecule has 5 heterocycles. The normalized spacial score (nSPS) is 18.1. The number of hydrogen-bond donors (Lipinski definition) is 2. The second-order valence-corrected chi connectivity index (χ2v) is 13.1. The number of halogens is 3. The molecule has 5 aromatic rings. The second kappa shape index (κ2) is 12.2. The number of aromatic nitrogens is 5. The van der Waals surface area contributed by atoms with Crippen LogP contribution in [0.25, 0.3) is 22.0 Å². The van der Waals surface area contributed by atoms with Gasteiger partial charge in [0.05, 0.1) is 28.6 Å². The highest BCUT2D eigenvalue weighted by atomic mass is 35.5. The van der Waals surface area contributed by atoms with E-state index < -0.39 is 18.1 Å². The number of imidazole rings is 1. The molecule has 2 N–H and O–H groups in total. The van der Waals surface area contributed by atoms with Crippen LogP contribution < -0.4 is 5.32 Å². The molecule has 0 saturated carbocycles. The first-order valence-electron chi connectivity index (χ1n) is 14.6. The Bertz CT molecular complexity index is 1800. The number of alkyl halides is 1. The minimum absolute atomic E-state index is 0.166. The SMILES string of the molecule is O=C(Nc1nccs1)[C@@H](c1ncn2c1C[C@@H](F)C2)n1cc2c(Cl)cc(-c3ccc(CN4CCC(CO)CC4)cc3)c(Cl)c2n1. The third-order valence-corrected chi connectivity index (χ3v) is 9.95. The Balaban J connectivity index is 1.20. The number of nitrogens with one attached hydrogen (secondary N) is 1. The number of carbonyl (C=O) groups excluding carboxylic acids is 1. The third-order valence-electron chi connectivity index (χ3n) is 8.56. The molecular formula is C31H30Cl2FN7O2S. The Kier molecular flexibility index (Phi) is 8.15. The van der Waals surface area contributed by atoms with Gasteiger partial charge in [0.25, 0.3) is 5.91 Å². The summed E-state index contributed by atoms with van der Waals surface area (Å²) in [7, 11) is 0. The van der Waals surface area contributed by atoms with Crippen molar-refractivity contribution in [2.75, 3.05) is 25.0 Å². The summed E-state index contributed by atoms with van der Waals surface area (Å²) in [6, 6.07) is 9.07. The van der Waals surface area contributed by atoms with Crippen LogP contribution in [0.4, 0.5) is 9.52 Å². The first-order valence-corrected chi connectivity index (χ1v) is 16.2. The number of anilines is 1. The van der Waals surface area contributed by atoms with Gasteiger partial charge in [-0.15, -0.1) is 11.3 Å². The Hall–Kier alpha value is -3.35. The smallest absolute Gasteiger partial charge is 0.257 e. The standard InChI is InChI=1S/C31H30Cl2FN7O2S/c32-24-12-22(20-3-1-18(2-4-20)13-39-8-5-19(16-42)6-9-39)26(33)27-23(24)15-41(38-27)29(30(43)37-31-35-7-10-44-31)28-25-11-21(34)14-40(25)17-36-28/h1-4,7,10,12,15,17,19,21,29,42H,5-6,8-9,11,13-14,16H2,(H,35,37,43)/t21-,29-/m1/s1. The van der Waals surface area contributed by atoms with Crippen molar-refractivity contribution in [1.29, 1.82) is 0 Å². The number of rotatable bonds is 8. The predicted octanol–water partition coefficient (Wildman–Crippen LogP) is 5.99. The number of aliphatic hydroxyl groups excluding tert-OH is 1. The number of fused-ring (bicyclic) bond motifs is 2. The number of thiazole rings is 1. The summed E-state index contributed by atoms with van der Waals surface area (Å²) < 4.78 is 17.6. The average molecular weight is 655 g/mol. The van der Waals surface area contributed by atoms with Crippen molar-refractivity contribution in [3.8, 4) is 11.1 Å². The molecule has 1 saturated heterocycles. The lowest BCUT2D eigenvalue weighted by atomic mass is 9.97. The summed E-state index contributed by atoms with van der Waals surface area (Å²) in [5.74, 6) is 0.00456. The van der Waals surface area contributed by atoms with E-state index in [0.717, 1.165) is 43.6 Å². The molecule has 228 valence electrons. The number of aliphatic hydroxyl groups is 1. The van der Waals surface area contributed by atoms with Gasteiger partial charge in [0.15, 0.2) is 11.2 Å². The zero-order chi connectivity index (χ0) is 30.4. The average Bonchev–Trinajstić information content (AvgIpc) is 3.83. The molecule has 1 amide bonds. The van der Waals surface area contributed by atoms with E-state index in [9.17, 15) is 14.3 Å². The minimum atomic E-state index is -1.04. The third kappa shape index (κ3) is 5.63. The van der Waals surface area contributed by atoms with Crippen molar-refractivity contribution in [3.05, 3.63) is 81.4 Å². The van der Waals surface area contributed by atoms with E-state index in [1.165, 1.54) is 21.6 Å². The van der Waals surface area contributed by atoms with Gasteiger partial charge in [0.2, 0.25) is 0 Å². The van der Waals surface area contributed by atoms with Crippen LogP contribution in [0.1, 0.15) is 35.8 Å². The zero-order valence-corrected chi connectivity index (χ0v) is 26.0. The predicted molar refractivity (Wildman–Crippen MR) is 170 cm³/mol. The molecule has 13 heteroatoms. The molecule has 7 rings (SSSR count). The highest BCUT2D eigenvalue weighted by molar-refractivity contribution is 7.13. The molecule has 2 aromatic carbocycles. The van der Waals surface area contributed by atoms with Gasteiger partial charge in [0, 0.05) is 54.0 Å². The summed E-state index contributed by atoms with van der Waals surface area (Å²) >= 11 is 15.1. The van der Waals surface area contributed by atoms with Crippen LogP contribution in [0, 0.1) is 5.92 Å². The van der Waals surface area contributed by atoms with E-state index in [1.54, 1.807) is 28.7 Å². The Morgan fingerprint density at radius 2 is 1.98 bits per heavy atom. The number of piperidine rings is 1. The van der Waals surface area contributed by atoms with Gasteiger partial charge in [-0.2, -0.15) is 5.10 Å². The maximum absolute atomic E-state index is 14.3. The van der Waals surface area contributed by atoms with E-state index >= 15 is 0 Å². The Morgan fingerprint density at radius 1 is 1.18 bits per heavy atom. The van der Waals surface area contributed by atoms with Gasteiger partial charge in [-0.1, -0.05) is 47.5 Å². The molecule has 0 radical (unpaired) electrons. The van der Waals surface area contributed by atoms with Crippen LogP contribution in [-0.2, 0) is 24.3 Å². The monoisotopic (exact) mass is 653 g/mol. The highest BCUT2D eigenvalue weighted by Gasteiger charge is 2.34. The molecule has 2 aliphatic rings. The van der Waals surface area contributed by atoms with Crippen molar-refractivity contribution < 1.29 is 14.3 Å². The second-order valence-electron chi connectivity index (χ2n) is 11.4. The minimum Gasteiger partial charge on any atom is -0.396 e. The van der Waals surface area contributed by atoms with Gasteiger partial charge >= 0.3 is 0 Å². The number of likely N-dealkylation sites (tertiary alicyclic amines) is 1. The number of carbonyl (C=O) groups is 1. The van der Waals surface area contributed by atoms with Crippen molar-refractivity contribution >= 4 is 56.5 Å². The summed E-state index contributed by atoms with van der Waals surface area (Å²) in [5, 5.41) is 20.7. The maximum atomic E-state index is 14.3. The fourth-order valence-corrected chi connectivity index (χ4v) is 7.27. The maximum Gasteiger partial charge on any atom is 0.257 e. The van der Waals surface area contributed by atoms with E-state index in [4.69, 9.17) is 28.3 Å². The van der Waals surface area contributed by atoms with Crippen LogP contribution in [-0.4, -0.2) is 66.1 Å².